The van der Waals surface area contributed by atoms with E-state index in [4.69, 9.17) is 5.73 Å². The molecule has 2 aliphatic heterocycles. The third kappa shape index (κ3) is 4.74. The molecule has 3 aliphatic rings. The number of carbonyl (C=O) groups is 1. The summed E-state index contributed by atoms with van der Waals surface area (Å²) in [7, 11) is 0. The van der Waals surface area contributed by atoms with Gasteiger partial charge in [-0.05, 0) is 86.5 Å². The fraction of sp³-hybridized carbons (Fsp3) is 0.529. The number of hydrogen-bond acceptors (Lipinski definition) is 5. The van der Waals surface area contributed by atoms with Crippen molar-refractivity contribution in [1.29, 1.82) is 5.26 Å². The molecule has 0 bridgehead atoms. The summed E-state index contributed by atoms with van der Waals surface area (Å²) in [5.41, 5.74) is 13.4. The lowest BCUT2D eigenvalue weighted by atomic mass is 9.70. The lowest BCUT2D eigenvalue weighted by Gasteiger charge is -2.38. The van der Waals surface area contributed by atoms with Crippen LogP contribution in [0.5, 0.6) is 0 Å². The van der Waals surface area contributed by atoms with E-state index in [0.717, 1.165) is 71.7 Å². The predicted molar refractivity (Wildman–Crippen MR) is 162 cm³/mol. The Morgan fingerprint density at radius 1 is 1.10 bits per heavy atom. The van der Waals surface area contributed by atoms with Gasteiger partial charge in [-0.1, -0.05) is 39.7 Å². The molecule has 1 aromatic heterocycles. The van der Waals surface area contributed by atoms with Crippen LogP contribution in [-0.2, 0) is 11.8 Å². The molecule has 40 heavy (non-hydrogen) atoms. The van der Waals surface area contributed by atoms with Crippen LogP contribution in [0, 0.1) is 17.2 Å². The number of nitrogens with one attached hydrogen (secondary N) is 1. The number of aromatic nitrogens is 1. The molecule has 3 N–H and O–H groups in total. The van der Waals surface area contributed by atoms with Crippen molar-refractivity contribution in [3.05, 3.63) is 63.8 Å². The third-order valence-electron chi connectivity index (χ3n) is 9.90. The molecule has 2 fully saturated rings. The van der Waals surface area contributed by atoms with E-state index in [-0.39, 0.29) is 11.2 Å². The first-order chi connectivity index (χ1) is 19.3. The Bertz CT molecular complexity index is 1470. The van der Waals surface area contributed by atoms with Crippen molar-refractivity contribution in [2.75, 3.05) is 37.6 Å². The van der Waals surface area contributed by atoms with E-state index < -0.39 is 0 Å². The molecule has 6 nitrogen and oxygen atoms in total. The summed E-state index contributed by atoms with van der Waals surface area (Å²) in [5, 5.41) is 10.3. The molecule has 1 atom stereocenters. The van der Waals surface area contributed by atoms with Crippen molar-refractivity contribution in [1.82, 2.24) is 9.88 Å². The number of H-pyrrole nitrogens is 1. The smallest absolute Gasteiger partial charge is 0.195 e. The molecule has 0 saturated carbocycles. The van der Waals surface area contributed by atoms with E-state index in [1.807, 2.05) is 12.1 Å². The molecule has 0 spiro atoms. The zero-order chi connectivity index (χ0) is 28.0. The molecule has 2 saturated heterocycles. The Morgan fingerprint density at radius 3 is 2.60 bits per heavy atom. The number of ketones is 1. The molecule has 210 valence electrons. The Kier molecular flexibility index (Phi) is 7.23. The number of nitrogens with zero attached hydrogens (tertiary/aromatic N) is 3. The van der Waals surface area contributed by atoms with Crippen molar-refractivity contribution < 1.29 is 4.79 Å². The van der Waals surface area contributed by atoms with Crippen molar-refractivity contribution >= 4 is 22.4 Å². The number of aryl methyl sites for hydroxylation is 1. The highest BCUT2D eigenvalue weighted by atomic mass is 16.1. The van der Waals surface area contributed by atoms with Gasteiger partial charge in [-0.15, -0.1) is 0 Å². The molecule has 6 heteroatoms. The summed E-state index contributed by atoms with van der Waals surface area (Å²) in [5.74, 6) is 0.904. The number of anilines is 1. The number of carbonyl (C=O) groups excluding carboxylic acids is 1. The first-order valence-electron chi connectivity index (χ1n) is 15.3. The second kappa shape index (κ2) is 10.7. The number of nitriles is 1. The van der Waals surface area contributed by atoms with Gasteiger partial charge in [0, 0.05) is 58.9 Å². The van der Waals surface area contributed by atoms with Gasteiger partial charge in [0.2, 0.25) is 0 Å². The van der Waals surface area contributed by atoms with Crippen molar-refractivity contribution in [3.63, 3.8) is 0 Å². The van der Waals surface area contributed by atoms with E-state index in [1.54, 1.807) is 6.07 Å². The second-order valence-corrected chi connectivity index (χ2v) is 12.9. The van der Waals surface area contributed by atoms with Crippen LogP contribution >= 0.6 is 0 Å². The Hall–Kier alpha value is -3.14. The highest BCUT2D eigenvalue weighted by molar-refractivity contribution is 6.20. The predicted octanol–water partition coefficient (Wildman–Crippen LogP) is 5.89. The van der Waals surface area contributed by atoms with Gasteiger partial charge in [-0.2, -0.15) is 5.26 Å². The first kappa shape index (κ1) is 27.1. The molecule has 2 aromatic carbocycles. The lowest BCUT2D eigenvalue weighted by molar-refractivity contribution is 0.103. The number of aromatic amines is 1. The van der Waals surface area contributed by atoms with Gasteiger partial charge in [0.1, 0.15) is 0 Å². The average molecular weight is 538 g/mol. The first-order valence-corrected chi connectivity index (χ1v) is 15.3. The summed E-state index contributed by atoms with van der Waals surface area (Å²) in [6, 6.07) is 12.7. The molecule has 6 rings (SSSR count). The van der Waals surface area contributed by atoms with Crippen LogP contribution in [-0.4, -0.2) is 54.4 Å². The van der Waals surface area contributed by atoms with Gasteiger partial charge in [-0.3, -0.25) is 4.79 Å². The largest absolute Gasteiger partial charge is 0.371 e. The van der Waals surface area contributed by atoms with Crippen LogP contribution in [0.4, 0.5) is 5.69 Å². The number of hydrogen-bond donors (Lipinski definition) is 2. The van der Waals surface area contributed by atoms with E-state index in [0.29, 0.717) is 11.6 Å². The molecule has 3 heterocycles. The van der Waals surface area contributed by atoms with E-state index >= 15 is 0 Å². The number of rotatable bonds is 7. The fourth-order valence-electron chi connectivity index (χ4n) is 7.45. The summed E-state index contributed by atoms with van der Waals surface area (Å²) >= 11 is 0. The standard InChI is InChI=1S/C34H43N5O/c1-4-24-18-27-28(34(2,3)33-31(32(27)40)26-9-8-23(20-35)17-29(26)37-33)19-30(24)39-15-10-22(11-16-39)7-5-6-13-38-14-12-25(36)21-38/h8-9,17-19,22,25,37H,4-7,10-16,21,36H2,1-3H3/t25-/m1/s1. The van der Waals surface area contributed by atoms with Gasteiger partial charge in [0.25, 0.3) is 0 Å². The molecular formula is C34H43N5O. The van der Waals surface area contributed by atoms with E-state index in [2.05, 4.69) is 53.8 Å². The monoisotopic (exact) mass is 537 g/mol. The Labute approximate surface area is 238 Å². The van der Waals surface area contributed by atoms with Crippen LogP contribution in [0.3, 0.4) is 0 Å². The minimum absolute atomic E-state index is 0.0937. The third-order valence-corrected chi connectivity index (χ3v) is 9.90. The normalized spacial score (nSPS) is 21.0. The maximum atomic E-state index is 13.9. The number of piperidine rings is 1. The maximum absolute atomic E-state index is 13.9. The van der Waals surface area contributed by atoms with Gasteiger partial charge in [0.15, 0.2) is 5.78 Å². The Morgan fingerprint density at radius 2 is 1.90 bits per heavy atom. The average Bonchev–Trinajstić information content (AvgIpc) is 3.57. The van der Waals surface area contributed by atoms with Gasteiger partial charge in [-0.25, -0.2) is 0 Å². The van der Waals surface area contributed by atoms with E-state index in [9.17, 15) is 10.1 Å². The molecule has 0 radical (unpaired) electrons. The number of benzene rings is 2. The molecule has 0 amide bonds. The molecule has 3 aromatic rings. The maximum Gasteiger partial charge on any atom is 0.195 e. The van der Waals surface area contributed by atoms with Crippen molar-refractivity contribution in [2.24, 2.45) is 11.7 Å². The molecule has 1 aliphatic carbocycles. The highest BCUT2D eigenvalue weighted by Gasteiger charge is 2.40. The zero-order valence-electron chi connectivity index (χ0n) is 24.4. The Balaban J connectivity index is 1.19. The van der Waals surface area contributed by atoms with Gasteiger partial charge < -0.3 is 20.5 Å². The summed E-state index contributed by atoms with van der Waals surface area (Å²) in [6.45, 7) is 12.3. The number of likely N-dealkylation sites (tertiary alicyclic amines) is 1. The fourth-order valence-corrected chi connectivity index (χ4v) is 7.45. The minimum Gasteiger partial charge on any atom is -0.371 e. The van der Waals surface area contributed by atoms with Crippen LogP contribution in [0.2, 0.25) is 0 Å². The van der Waals surface area contributed by atoms with Crippen molar-refractivity contribution in [2.45, 2.75) is 77.2 Å². The lowest BCUT2D eigenvalue weighted by Crippen LogP contribution is -2.36. The number of nitrogens with two attached hydrogens (primary N) is 1. The van der Waals surface area contributed by atoms with Crippen LogP contribution in [0.25, 0.3) is 10.9 Å². The highest BCUT2D eigenvalue weighted by Crippen LogP contribution is 2.46. The topological polar surface area (TPSA) is 89.2 Å². The molecular weight excluding hydrogens is 494 g/mol. The number of fused-ring (bicyclic) bond motifs is 4. The molecule has 0 unspecified atom stereocenters. The zero-order valence-corrected chi connectivity index (χ0v) is 24.4. The van der Waals surface area contributed by atoms with Crippen LogP contribution in [0.1, 0.15) is 97.6 Å². The quantitative estimate of drug-likeness (QED) is 0.367. The van der Waals surface area contributed by atoms with Crippen molar-refractivity contribution in [3.8, 4) is 6.07 Å². The number of unbranched alkanes of at least 4 members (excludes halogenated alkanes) is 1. The second-order valence-electron chi connectivity index (χ2n) is 12.9. The van der Waals surface area contributed by atoms with Gasteiger partial charge >= 0.3 is 0 Å². The summed E-state index contributed by atoms with van der Waals surface area (Å²) in [6.07, 6.45) is 8.47. The van der Waals surface area contributed by atoms with Crippen LogP contribution < -0.4 is 10.6 Å². The van der Waals surface area contributed by atoms with Gasteiger partial charge in [0.05, 0.1) is 17.2 Å². The van der Waals surface area contributed by atoms with E-state index in [1.165, 1.54) is 56.4 Å². The SMILES string of the molecule is CCc1cc2c(cc1N1CCC(CCCCN3CC[C@@H](N)C3)CC1)C(C)(C)c1[nH]c3cc(C#N)ccc3c1C2=O. The van der Waals surface area contributed by atoms with Crippen LogP contribution in [0.15, 0.2) is 30.3 Å². The summed E-state index contributed by atoms with van der Waals surface area (Å²) < 4.78 is 0. The minimum atomic E-state index is -0.344. The summed E-state index contributed by atoms with van der Waals surface area (Å²) in [4.78, 5) is 22.6.